The van der Waals surface area contributed by atoms with Gasteiger partial charge in [-0.2, -0.15) is 13.2 Å². The van der Waals surface area contributed by atoms with Crippen molar-refractivity contribution >= 4 is 12.0 Å². The predicted octanol–water partition coefficient (Wildman–Crippen LogP) is 3.20. The van der Waals surface area contributed by atoms with Gasteiger partial charge in [-0.1, -0.05) is 6.08 Å². The molecule has 96 valence electrons. The van der Waals surface area contributed by atoms with Crippen LogP contribution in [0, 0.1) is 0 Å². The van der Waals surface area contributed by atoms with E-state index in [9.17, 15) is 18.0 Å². The van der Waals surface area contributed by atoms with Crippen molar-refractivity contribution in [3.63, 3.8) is 0 Å². The number of halogens is 3. The summed E-state index contributed by atoms with van der Waals surface area (Å²) in [6, 6.07) is 6.81. The van der Waals surface area contributed by atoms with E-state index in [2.05, 4.69) is 0 Å². The highest BCUT2D eigenvalue weighted by molar-refractivity contribution is 5.75. The van der Waals surface area contributed by atoms with Crippen molar-refractivity contribution in [2.75, 3.05) is 18.0 Å². The van der Waals surface area contributed by atoms with E-state index in [1.54, 1.807) is 24.3 Å². The molecule has 0 saturated carbocycles. The van der Waals surface area contributed by atoms with Gasteiger partial charge in [0.15, 0.2) is 0 Å². The number of hydrogen-bond donors (Lipinski definition) is 0. The lowest BCUT2D eigenvalue weighted by Gasteiger charge is -2.29. The molecule has 1 aliphatic rings. The molecule has 0 radical (unpaired) electrons. The van der Waals surface area contributed by atoms with E-state index in [1.807, 2.05) is 4.90 Å². The number of alkyl halides is 3. The van der Waals surface area contributed by atoms with Crippen LogP contribution in [0.1, 0.15) is 16.8 Å². The molecule has 1 aromatic carbocycles. The molecule has 0 amide bonds. The fourth-order valence-electron chi connectivity index (χ4n) is 1.92. The highest BCUT2D eigenvalue weighted by atomic mass is 19.4. The molecule has 0 unspecified atom stereocenters. The largest absolute Gasteiger partial charge is 0.412 e. The highest BCUT2D eigenvalue weighted by Gasteiger charge is 2.34. The SMILES string of the molecule is O=Cc1ccc(N2CC=C(C(F)(F)F)CC2)cc1. The third-order valence-electron chi connectivity index (χ3n) is 2.97. The second-order valence-corrected chi connectivity index (χ2v) is 4.13. The molecule has 0 aromatic heterocycles. The highest BCUT2D eigenvalue weighted by Crippen LogP contribution is 2.31. The summed E-state index contributed by atoms with van der Waals surface area (Å²) in [7, 11) is 0. The first-order chi connectivity index (χ1) is 8.50. The lowest BCUT2D eigenvalue weighted by molar-refractivity contribution is -0.0944. The summed E-state index contributed by atoms with van der Waals surface area (Å²) in [6.45, 7) is 0.584. The van der Waals surface area contributed by atoms with Crippen LogP contribution in [-0.2, 0) is 0 Å². The van der Waals surface area contributed by atoms with Gasteiger partial charge in [-0.3, -0.25) is 4.79 Å². The van der Waals surface area contributed by atoms with E-state index in [-0.39, 0.29) is 13.0 Å². The topological polar surface area (TPSA) is 20.3 Å². The Morgan fingerprint density at radius 3 is 2.28 bits per heavy atom. The molecule has 0 atom stereocenters. The molecule has 0 aliphatic carbocycles. The molecule has 0 fully saturated rings. The van der Waals surface area contributed by atoms with Crippen LogP contribution in [-0.4, -0.2) is 25.6 Å². The summed E-state index contributed by atoms with van der Waals surface area (Å²) in [5.74, 6) is 0. The van der Waals surface area contributed by atoms with Gasteiger partial charge in [0, 0.05) is 29.9 Å². The van der Waals surface area contributed by atoms with E-state index >= 15 is 0 Å². The molecule has 0 bridgehead atoms. The van der Waals surface area contributed by atoms with Gasteiger partial charge in [0.1, 0.15) is 6.29 Å². The van der Waals surface area contributed by atoms with Crippen LogP contribution in [0.3, 0.4) is 0 Å². The van der Waals surface area contributed by atoms with Crippen LogP contribution < -0.4 is 4.90 Å². The predicted molar refractivity (Wildman–Crippen MR) is 62.8 cm³/mol. The Balaban J connectivity index is 2.09. The Labute approximate surface area is 103 Å². The van der Waals surface area contributed by atoms with Crippen LogP contribution in [0.25, 0.3) is 0 Å². The lowest BCUT2D eigenvalue weighted by atomic mass is 10.1. The van der Waals surface area contributed by atoms with Crippen molar-refractivity contribution in [2.45, 2.75) is 12.6 Å². The zero-order valence-electron chi connectivity index (χ0n) is 9.57. The second-order valence-electron chi connectivity index (χ2n) is 4.13. The summed E-state index contributed by atoms with van der Waals surface area (Å²) in [5, 5.41) is 0. The van der Waals surface area contributed by atoms with Gasteiger partial charge in [-0.05, 0) is 30.7 Å². The number of anilines is 1. The summed E-state index contributed by atoms with van der Waals surface area (Å²) >= 11 is 0. The maximum atomic E-state index is 12.4. The number of aldehydes is 1. The molecule has 0 saturated heterocycles. The number of benzene rings is 1. The van der Waals surface area contributed by atoms with E-state index < -0.39 is 11.7 Å². The molecular weight excluding hydrogens is 243 g/mol. The minimum absolute atomic E-state index is 0.00106. The first kappa shape index (κ1) is 12.7. The Morgan fingerprint density at radius 2 is 1.83 bits per heavy atom. The van der Waals surface area contributed by atoms with Crippen LogP contribution in [0.15, 0.2) is 35.9 Å². The molecule has 2 nitrogen and oxygen atoms in total. The van der Waals surface area contributed by atoms with Gasteiger partial charge in [0.25, 0.3) is 0 Å². The van der Waals surface area contributed by atoms with Gasteiger partial charge < -0.3 is 4.90 Å². The number of rotatable bonds is 2. The minimum atomic E-state index is -4.21. The maximum absolute atomic E-state index is 12.4. The normalized spacial score (nSPS) is 16.4. The van der Waals surface area contributed by atoms with Crippen LogP contribution in [0.2, 0.25) is 0 Å². The first-order valence-electron chi connectivity index (χ1n) is 5.57. The van der Waals surface area contributed by atoms with Crippen LogP contribution >= 0.6 is 0 Å². The Hall–Kier alpha value is -1.78. The van der Waals surface area contributed by atoms with E-state index in [4.69, 9.17) is 0 Å². The van der Waals surface area contributed by atoms with Crippen molar-refractivity contribution in [2.24, 2.45) is 0 Å². The van der Waals surface area contributed by atoms with Crippen molar-refractivity contribution < 1.29 is 18.0 Å². The smallest absolute Gasteiger partial charge is 0.367 e. The standard InChI is InChI=1S/C13H12F3NO/c14-13(15,16)11-5-7-17(8-6-11)12-3-1-10(9-18)2-4-12/h1-5,9H,6-8H2. The van der Waals surface area contributed by atoms with Gasteiger partial charge in [-0.25, -0.2) is 0 Å². The molecule has 1 aromatic rings. The zero-order valence-corrected chi connectivity index (χ0v) is 9.57. The molecule has 0 spiro atoms. The fourth-order valence-corrected chi connectivity index (χ4v) is 1.92. The third kappa shape index (κ3) is 2.72. The number of carbonyl (C=O) groups excluding carboxylic acids is 1. The zero-order chi connectivity index (χ0) is 13.2. The van der Waals surface area contributed by atoms with Crippen LogP contribution in [0.5, 0.6) is 0 Å². The fraction of sp³-hybridized carbons (Fsp3) is 0.308. The molecule has 18 heavy (non-hydrogen) atoms. The average molecular weight is 255 g/mol. The molecule has 2 rings (SSSR count). The molecule has 1 aliphatic heterocycles. The first-order valence-corrected chi connectivity index (χ1v) is 5.57. The quantitative estimate of drug-likeness (QED) is 0.597. The summed E-state index contributed by atoms with van der Waals surface area (Å²) in [5.41, 5.74) is 0.934. The lowest BCUT2D eigenvalue weighted by Crippen LogP contribution is -2.31. The average Bonchev–Trinajstić information content (AvgIpc) is 2.38. The number of nitrogens with zero attached hydrogens (tertiary/aromatic N) is 1. The van der Waals surface area contributed by atoms with E-state index in [1.165, 1.54) is 6.08 Å². The molecule has 1 heterocycles. The molecular formula is C13H12F3NO. The second kappa shape index (κ2) is 4.84. The van der Waals surface area contributed by atoms with Gasteiger partial charge in [0.05, 0.1) is 0 Å². The van der Waals surface area contributed by atoms with Crippen molar-refractivity contribution in [1.82, 2.24) is 0 Å². The minimum Gasteiger partial charge on any atom is -0.367 e. The Kier molecular flexibility index (Phi) is 3.41. The van der Waals surface area contributed by atoms with Gasteiger partial charge >= 0.3 is 6.18 Å². The van der Waals surface area contributed by atoms with Crippen molar-refractivity contribution in [1.29, 1.82) is 0 Å². The summed E-state index contributed by atoms with van der Waals surface area (Å²) < 4.78 is 37.3. The summed E-state index contributed by atoms with van der Waals surface area (Å²) in [6.07, 6.45) is -2.26. The molecule has 5 heteroatoms. The monoisotopic (exact) mass is 255 g/mol. The number of carbonyl (C=O) groups is 1. The third-order valence-corrected chi connectivity index (χ3v) is 2.97. The Bertz CT molecular complexity index is 462. The molecule has 0 N–H and O–H groups in total. The van der Waals surface area contributed by atoms with Gasteiger partial charge in [-0.15, -0.1) is 0 Å². The number of hydrogen-bond acceptors (Lipinski definition) is 2. The van der Waals surface area contributed by atoms with Gasteiger partial charge in [0.2, 0.25) is 0 Å². The van der Waals surface area contributed by atoms with Crippen LogP contribution in [0.4, 0.5) is 18.9 Å². The van der Waals surface area contributed by atoms with Crippen molar-refractivity contribution in [3.05, 3.63) is 41.5 Å². The van der Waals surface area contributed by atoms with E-state index in [0.29, 0.717) is 12.1 Å². The summed E-state index contributed by atoms with van der Waals surface area (Å²) in [4.78, 5) is 12.4. The maximum Gasteiger partial charge on any atom is 0.412 e. The Morgan fingerprint density at radius 1 is 1.17 bits per heavy atom. The van der Waals surface area contributed by atoms with Crippen molar-refractivity contribution in [3.8, 4) is 0 Å². The van der Waals surface area contributed by atoms with E-state index in [0.717, 1.165) is 12.0 Å².